The van der Waals surface area contributed by atoms with Crippen molar-refractivity contribution >= 4 is 53.1 Å². The molecule has 0 aliphatic carbocycles. The van der Waals surface area contributed by atoms with Gasteiger partial charge < -0.3 is 0 Å². The number of benzene rings is 1. The third kappa shape index (κ3) is 1.75. The van der Waals surface area contributed by atoms with Crippen LogP contribution in [0.1, 0.15) is 0 Å². The van der Waals surface area contributed by atoms with Gasteiger partial charge in [-0.15, -0.1) is 0 Å². The van der Waals surface area contributed by atoms with Crippen LogP contribution in [0.3, 0.4) is 0 Å². The number of hydrogen-bond donors (Lipinski definition) is 0. The SMILES string of the molecule is ClC(Cl)(Cl)[P+]1(Cl)Oc2ccccc2O1. The van der Waals surface area contributed by atoms with E-state index in [-0.39, 0.29) is 0 Å². The highest BCUT2D eigenvalue weighted by molar-refractivity contribution is 7.97. The number of rotatable bonds is 0. The van der Waals surface area contributed by atoms with Gasteiger partial charge in [-0.05, 0) is 46.9 Å². The first kappa shape index (κ1) is 10.9. The summed E-state index contributed by atoms with van der Waals surface area (Å²) >= 11 is 23.0. The molecule has 2 nitrogen and oxygen atoms in total. The molecule has 0 radical (unpaired) electrons. The van der Waals surface area contributed by atoms with Gasteiger partial charge in [0.2, 0.25) is 11.5 Å². The second-order valence-electron chi connectivity index (χ2n) is 2.58. The first-order chi connectivity index (χ1) is 6.42. The molecular weight excluding hydrogens is 289 g/mol. The molecule has 7 heteroatoms. The van der Waals surface area contributed by atoms with Crippen LogP contribution in [0.5, 0.6) is 11.5 Å². The van der Waals surface area contributed by atoms with E-state index in [1.165, 1.54) is 0 Å². The van der Waals surface area contributed by atoms with Gasteiger partial charge in [-0.2, -0.15) is 0 Å². The van der Waals surface area contributed by atoms with Gasteiger partial charge in [-0.3, -0.25) is 9.05 Å². The van der Waals surface area contributed by atoms with Crippen LogP contribution in [0.15, 0.2) is 24.3 Å². The number of hydrogen-bond acceptors (Lipinski definition) is 2. The van der Waals surface area contributed by atoms with Crippen molar-refractivity contribution in [3.05, 3.63) is 24.3 Å². The monoisotopic (exact) mass is 291 g/mol. The van der Waals surface area contributed by atoms with Crippen LogP contribution in [0.25, 0.3) is 0 Å². The maximum Gasteiger partial charge on any atom is 0.512 e. The summed E-state index contributed by atoms with van der Waals surface area (Å²) in [5.74, 6) is 1.00. The third-order valence-electron chi connectivity index (χ3n) is 1.58. The summed E-state index contributed by atoms with van der Waals surface area (Å²) < 4.78 is 8.88. The van der Waals surface area contributed by atoms with Crippen LogP contribution >= 0.6 is 53.1 Å². The van der Waals surface area contributed by atoms with Crippen LogP contribution in [-0.4, -0.2) is 3.53 Å². The van der Waals surface area contributed by atoms with Crippen LogP contribution < -0.4 is 9.05 Å². The second-order valence-corrected chi connectivity index (χ2v) is 8.98. The van der Waals surface area contributed by atoms with Gasteiger partial charge in [0.05, 0.1) is 0 Å². The first-order valence-corrected chi connectivity index (χ1v) is 7.22. The van der Waals surface area contributed by atoms with E-state index in [4.69, 9.17) is 55.1 Å². The Morgan fingerprint density at radius 2 is 1.43 bits per heavy atom. The number of halogens is 4. The fourth-order valence-corrected chi connectivity index (χ4v) is 3.10. The standard InChI is InChI=1S/C7H4Cl4O2P/c8-7(9,10)14(11)12-5-3-1-2-4-6(5)13-14/h1-4H/q+1. The minimum Gasteiger partial charge on any atom is -0.282 e. The summed E-state index contributed by atoms with van der Waals surface area (Å²) in [6.07, 6.45) is 0. The van der Waals surface area contributed by atoms with Crippen molar-refractivity contribution in [3.8, 4) is 11.5 Å². The van der Waals surface area contributed by atoms with Gasteiger partial charge in [0.15, 0.2) is 11.2 Å². The summed E-state index contributed by atoms with van der Waals surface area (Å²) in [6, 6.07) is 6.98. The lowest BCUT2D eigenvalue weighted by Gasteiger charge is -2.14. The van der Waals surface area contributed by atoms with Crippen molar-refractivity contribution in [3.63, 3.8) is 0 Å². The van der Waals surface area contributed by atoms with E-state index in [1.54, 1.807) is 24.3 Å². The van der Waals surface area contributed by atoms with E-state index in [0.29, 0.717) is 11.5 Å². The van der Waals surface area contributed by atoms with Crippen molar-refractivity contribution in [1.29, 1.82) is 0 Å². The summed E-state index contributed by atoms with van der Waals surface area (Å²) in [4.78, 5) is 0. The lowest BCUT2D eigenvalue weighted by atomic mass is 10.3. The highest BCUT2D eigenvalue weighted by Gasteiger charge is 2.68. The Balaban J connectivity index is 2.35. The molecule has 0 spiro atoms. The molecule has 0 bridgehead atoms. The van der Waals surface area contributed by atoms with Crippen molar-refractivity contribution in [2.45, 2.75) is 3.53 Å². The number of fused-ring (bicyclic) bond motifs is 1. The van der Waals surface area contributed by atoms with Crippen molar-refractivity contribution in [2.75, 3.05) is 0 Å². The zero-order chi connectivity index (χ0) is 10.4. The average Bonchev–Trinajstić information content (AvgIpc) is 2.40. The smallest absolute Gasteiger partial charge is 0.282 e. The minimum atomic E-state index is -3.02. The van der Waals surface area contributed by atoms with Gasteiger partial charge in [-0.25, -0.2) is 0 Å². The minimum absolute atomic E-state index is 0.502. The van der Waals surface area contributed by atoms with Crippen LogP contribution in [0, 0.1) is 0 Å². The molecule has 0 atom stereocenters. The summed E-state index contributed by atoms with van der Waals surface area (Å²) in [7, 11) is -3.02. The second kappa shape index (κ2) is 3.47. The Hall–Kier alpha value is 0.410. The number of para-hydroxylation sites is 2. The highest BCUT2D eigenvalue weighted by Crippen LogP contribution is 2.81. The van der Waals surface area contributed by atoms with Gasteiger partial charge in [-0.1, -0.05) is 12.1 Å². The fraction of sp³-hybridized carbons (Fsp3) is 0.143. The molecule has 14 heavy (non-hydrogen) atoms. The topological polar surface area (TPSA) is 18.5 Å². The quantitative estimate of drug-likeness (QED) is 0.506. The van der Waals surface area contributed by atoms with Crippen LogP contribution in [0.4, 0.5) is 0 Å². The lowest BCUT2D eigenvalue weighted by molar-refractivity contribution is 0.563. The summed E-state index contributed by atoms with van der Waals surface area (Å²) in [5.41, 5.74) is 0. The van der Waals surface area contributed by atoms with Crippen LogP contribution in [0.2, 0.25) is 0 Å². The van der Waals surface area contributed by atoms with Crippen molar-refractivity contribution in [2.24, 2.45) is 0 Å². The molecule has 1 aromatic carbocycles. The Bertz CT molecular complexity index is 340. The molecule has 1 aromatic rings. The molecule has 0 unspecified atom stereocenters. The molecule has 0 saturated carbocycles. The molecule has 0 N–H and O–H groups in total. The normalized spacial score (nSPS) is 18.3. The van der Waals surface area contributed by atoms with Gasteiger partial charge in [0.25, 0.3) is 0 Å². The van der Waals surface area contributed by atoms with Gasteiger partial charge >= 0.3 is 10.6 Å². The summed E-state index contributed by atoms with van der Waals surface area (Å²) in [6.45, 7) is 0. The lowest BCUT2D eigenvalue weighted by Crippen LogP contribution is -2.12. The average molecular weight is 293 g/mol. The molecule has 0 fully saturated rings. The Kier molecular flexibility index (Phi) is 2.70. The van der Waals surface area contributed by atoms with Crippen LogP contribution in [-0.2, 0) is 0 Å². The third-order valence-corrected chi connectivity index (χ3v) is 7.01. The van der Waals surface area contributed by atoms with Crippen molar-refractivity contribution in [1.82, 2.24) is 0 Å². The molecule has 1 heterocycles. The highest BCUT2D eigenvalue weighted by atomic mass is 35.7. The zero-order valence-electron chi connectivity index (χ0n) is 6.58. The van der Waals surface area contributed by atoms with E-state index >= 15 is 0 Å². The predicted octanol–water partition coefficient (Wildman–Crippen LogP) is 4.79. The molecular formula is C7H4Cl4O2P+. The van der Waals surface area contributed by atoms with E-state index in [9.17, 15) is 0 Å². The number of alkyl halides is 3. The van der Waals surface area contributed by atoms with Crippen molar-refractivity contribution < 1.29 is 9.05 Å². The first-order valence-electron chi connectivity index (χ1n) is 3.56. The molecule has 0 amide bonds. The van der Waals surface area contributed by atoms with E-state index in [0.717, 1.165) is 0 Å². The zero-order valence-corrected chi connectivity index (χ0v) is 10.5. The summed E-state index contributed by atoms with van der Waals surface area (Å²) in [5, 5.41) is 0. The molecule has 0 aromatic heterocycles. The maximum absolute atomic E-state index is 5.98. The molecule has 76 valence electrons. The molecule has 1 aliphatic rings. The fourth-order valence-electron chi connectivity index (χ4n) is 0.976. The van der Waals surface area contributed by atoms with E-state index in [2.05, 4.69) is 0 Å². The van der Waals surface area contributed by atoms with Gasteiger partial charge in [0.1, 0.15) is 0 Å². The molecule has 0 saturated heterocycles. The van der Waals surface area contributed by atoms with Gasteiger partial charge in [0, 0.05) is 0 Å². The Labute approximate surface area is 101 Å². The largest absolute Gasteiger partial charge is 0.512 e. The molecule has 2 rings (SSSR count). The van der Waals surface area contributed by atoms with E-state index in [1.807, 2.05) is 0 Å². The molecule has 1 aliphatic heterocycles. The predicted molar refractivity (Wildman–Crippen MR) is 60.8 cm³/mol. The Morgan fingerprint density at radius 1 is 1.00 bits per heavy atom. The van der Waals surface area contributed by atoms with E-state index < -0.39 is 10.6 Å². The Morgan fingerprint density at radius 3 is 1.79 bits per heavy atom. The maximum atomic E-state index is 5.98.